The second-order valence-corrected chi connectivity index (χ2v) is 4.18. The molecular weight excluding hydrogens is 238 g/mol. The van der Waals surface area contributed by atoms with E-state index in [2.05, 4.69) is 0 Å². The average molecular weight is 250 g/mol. The van der Waals surface area contributed by atoms with Crippen LogP contribution in [0.25, 0.3) is 5.69 Å². The highest BCUT2D eigenvalue weighted by molar-refractivity contribution is 6.32. The summed E-state index contributed by atoms with van der Waals surface area (Å²) in [7, 11) is 0. The molecule has 1 heterocycles. The van der Waals surface area contributed by atoms with Crippen molar-refractivity contribution in [3.05, 3.63) is 53.3 Å². The number of rotatable bonds is 4. The molecule has 2 aromatic rings. The van der Waals surface area contributed by atoms with Crippen LogP contribution in [0.4, 0.5) is 0 Å². The highest BCUT2D eigenvalue weighted by Gasteiger charge is 2.05. The van der Waals surface area contributed by atoms with Crippen LogP contribution in [0.3, 0.4) is 0 Å². The molecule has 0 amide bonds. The zero-order chi connectivity index (χ0) is 12.3. The number of carboxylic acid groups (broad SMARTS) is 1. The maximum absolute atomic E-state index is 10.5. The lowest BCUT2D eigenvalue weighted by Crippen LogP contribution is -1.99. The second-order valence-electron chi connectivity index (χ2n) is 3.77. The van der Waals surface area contributed by atoms with E-state index in [4.69, 9.17) is 16.7 Å². The van der Waals surface area contributed by atoms with E-state index in [1.807, 2.05) is 41.2 Å². The number of hydrogen-bond donors (Lipinski definition) is 1. The number of aryl methyl sites for hydroxylation is 1. The predicted octanol–water partition coefficient (Wildman–Crippen LogP) is 3.15. The molecule has 1 N–H and O–H groups in total. The fourth-order valence-corrected chi connectivity index (χ4v) is 1.87. The largest absolute Gasteiger partial charge is 0.481 e. The summed E-state index contributed by atoms with van der Waals surface area (Å²) in [5, 5.41) is 9.30. The Labute approximate surface area is 104 Å². The van der Waals surface area contributed by atoms with Crippen LogP contribution in [-0.2, 0) is 11.2 Å². The zero-order valence-corrected chi connectivity index (χ0v) is 9.89. The normalized spacial score (nSPS) is 10.4. The molecule has 0 saturated carbocycles. The number of halogens is 1. The molecule has 17 heavy (non-hydrogen) atoms. The van der Waals surface area contributed by atoms with Crippen molar-refractivity contribution in [1.29, 1.82) is 0 Å². The summed E-state index contributed by atoms with van der Waals surface area (Å²) in [6.45, 7) is 0. The van der Waals surface area contributed by atoms with E-state index < -0.39 is 5.97 Å². The van der Waals surface area contributed by atoms with Gasteiger partial charge in [0.05, 0.1) is 10.7 Å². The van der Waals surface area contributed by atoms with E-state index in [0.29, 0.717) is 11.4 Å². The van der Waals surface area contributed by atoms with Crippen molar-refractivity contribution < 1.29 is 9.90 Å². The van der Waals surface area contributed by atoms with Crippen molar-refractivity contribution in [2.75, 3.05) is 0 Å². The first kappa shape index (κ1) is 11.7. The standard InChI is InChI=1S/C13H12ClNO2/c14-11-5-3-10(4-6-13(16)17)9-12(11)15-7-1-2-8-15/h1-3,5,7-9H,4,6H2,(H,16,17). The molecule has 1 aromatic heterocycles. The molecule has 0 saturated heterocycles. The van der Waals surface area contributed by atoms with Crippen LogP contribution in [0.5, 0.6) is 0 Å². The summed E-state index contributed by atoms with van der Waals surface area (Å²) in [5.41, 5.74) is 1.85. The van der Waals surface area contributed by atoms with Crippen molar-refractivity contribution >= 4 is 17.6 Å². The molecule has 1 aromatic carbocycles. The minimum atomic E-state index is -0.789. The summed E-state index contributed by atoms with van der Waals surface area (Å²) in [5.74, 6) is -0.789. The summed E-state index contributed by atoms with van der Waals surface area (Å²) in [6, 6.07) is 9.41. The Morgan fingerprint density at radius 3 is 2.65 bits per heavy atom. The molecule has 88 valence electrons. The van der Waals surface area contributed by atoms with E-state index in [-0.39, 0.29) is 6.42 Å². The van der Waals surface area contributed by atoms with E-state index in [1.165, 1.54) is 0 Å². The van der Waals surface area contributed by atoms with E-state index in [9.17, 15) is 4.79 Å². The van der Waals surface area contributed by atoms with Gasteiger partial charge in [-0.05, 0) is 36.2 Å². The predicted molar refractivity (Wildman–Crippen MR) is 66.7 cm³/mol. The number of nitrogens with zero attached hydrogens (tertiary/aromatic N) is 1. The van der Waals surface area contributed by atoms with Crippen LogP contribution in [-0.4, -0.2) is 15.6 Å². The summed E-state index contributed by atoms with van der Waals surface area (Å²) < 4.78 is 1.91. The number of carboxylic acids is 1. The Balaban J connectivity index is 2.27. The SMILES string of the molecule is O=C(O)CCc1ccc(Cl)c(-n2cccc2)c1. The second kappa shape index (κ2) is 5.06. The van der Waals surface area contributed by atoms with Crippen LogP contribution in [0.15, 0.2) is 42.7 Å². The van der Waals surface area contributed by atoms with Crippen LogP contribution < -0.4 is 0 Å². The van der Waals surface area contributed by atoms with Crippen molar-refractivity contribution in [3.63, 3.8) is 0 Å². The van der Waals surface area contributed by atoms with Gasteiger partial charge < -0.3 is 9.67 Å². The fraction of sp³-hybridized carbons (Fsp3) is 0.154. The third-order valence-corrected chi connectivity index (χ3v) is 2.84. The van der Waals surface area contributed by atoms with Gasteiger partial charge in [-0.25, -0.2) is 0 Å². The Morgan fingerprint density at radius 2 is 2.00 bits per heavy atom. The molecule has 0 aliphatic heterocycles. The van der Waals surface area contributed by atoms with Gasteiger partial charge in [-0.2, -0.15) is 0 Å². The van der Waals surface area contributed by atoms with Crippen molar-refractivity contribution in [2.24, 2.45) is 0 Å². The number of hydrogen-bond acceptors (Lipinski definition) is 1. The molecule has 2 rings (SSSR count). The van der Waals surface area contributed by atoms with Gasteiger partial charge in [0.15, 0.2) is 0 Å². The lowest BCUT2D eigenvalue weighted by Gasteiger charge is -2.08. The Bertz CT molecular complexity index is 520. The maximum Gasteiger partial charge on any atom is 0.303 e. The van der Waals surface area contributed by atoms with Crippen molar-refractivity contribution in [2.45, 2.75) is 12.8 Å². The monoisotopic (exact) mass is 249 g/mol. The van der Waals surface area contributed by atoms with Gasteiger partial charge in [-0.3, -0.25) is 4.79 Å². The lowest BCUT2D eigenvalue weighted by atomic mass is 10.1. The summed E-state index contributed by atoms with van der Waals surface area (Å²) in [6.07, 6.45) is 4.46. The van der Waals surface area contributed by atoms with Gasteiger partial charge in [0.25, 0.3) is 0 Å². The zero-order valence-electron chi connectivity index (χ0n) is 9.14. The van der Waals surface area contributed by atoms with Gasteiger partial charge in [-0.15, -0.1) is 0 Å². The molecule has 4 heteroatoms. The first-order valence-corrected chi connectivity index (χ1v) is 5.68. The number of benzene rings is 1. The highest BCUT2D eigenvalue weighted by atomic mass is 35.5. The van der Waals surface area contributed by atoms with E-state index >= 15 is 0 Å². The molecule has 0 aliphatic rings. The van der Waals surface area contributed by atoms with Crippen LogP contribution in [0.1, 0.15) is 12.0 Å². The molecule has 0 spiro atoms. The lowest BCUT2D eigenvalue weighted by molar-refractivity contribution is -0.136. The highest BCUT2D eigenvalue weighted by Crippen LogP contribution is 2.22. The summed E-state index contributed by atoms with van der Waals surface area (Å²) >= 11 is 6.11. The average Bonchev–Trinajstić information content (AvgIpc) is 2.81. The molecule has 0 radical (unpaired) electrons. The van der Waals surface area contributed by atoms with Gasteiger partial charge >= 0.3 is 5.97 Å². The first-order valence-electron chi connectivity index (χ1n) is 5.30. The van der Waals surface area contributed by atoms with E-state index in [1.54, 1.807) is 6.07 Å². The molecule has 0 unspecified atom stereocenters. The number of aliphatic carboxylic acids is 1. The molecule has 0 atom stereocenters. The Kier molecular flexibility index (Phi) is 3.49. The maximum atomic E-state index is 10.5. The molecule has 0 aliphatic carbocycles. The number of aromatic nitrogens is 1. The van der Waals surface area contributed by atoms with Gasteiger partial charge in [-0.1, -0.05) is 17.7 Å². The third kappa shape index (κ3) is 2.88. The van der Waals surface area contributed by atoms with Crippen LogP contribution in [0.2, 0.25) is 5.02 Å². The van der Waals surface area contributed by atoms with Gasteiger partial charge in [0.2, 0.25) is 0 Å². The minimum absolute atomic E-state index is 0.132. The van der Waals surface area contributed by atoms with Crippen LogP contribution in [0, 0.1) is 0 Å². The van der Waals surface area contributed by atoms with Crippen molar-refractivity contribution in [3.8, 4) is 5.69 Å². The number of carbonyl (C=O) groups is 1. The van der Waals surface area contributed by atoms with E-state index in [0.717, 1.165) is 11.3 Å². The Hall–Kier alpha value is -1.74. The quantitative estimate of drug-likeness (QED) is 0.905. The Morgan fingerprint density at radius 1 is 1.29 bits per heavy atom. The molecule has 0 fully saturated rings. The smallest absolute Gasteiger partial charge is 0.303 e. The fourth-order valence-electron chi connectivity index (χ4n) is 1.66. The van der Waals surface area contributed by atoms with Crippen molar-refractivity contribution in [1.82, 2.24) is 4.57 Å². The molecule has 0 bridgehead atoms. The molecular formula is C13H12ClNO2. The minimum Gasteiger partial charge on any atom is -0.481 e. The van der Waals surface area contributed by atoms with Gasteiger partial charge in [0.1, 0.15) is 0 Å². The summed E-state index contributed by atoms with van der Waals surface area (Å²) in [4.78, 5) is 10.5. The van der Waals surface area contributed by atoms with Crippen LogP contribution >= 0.6 is 11.6 Å². The molecule has 3 nitrogen and oxygen atoms in total. The van der Waals surface area contributed by atoms with Gasteiger partial charge in [0, 0.05) is 18.8 Å². The third-order valence-electron chi connectivity index (χ3n) is 2.52. The first-order chi connectivity index (χ1) is 8.16. The topological polar surface area (TPSA) is 42.2 Å².